The second kappa shape index (κ2) is 10.8. The van der Waals surface area contributed by atoms with Crippen molar-refractivity contribution in [3.63, 3.8) is 0 Å². The topological polar surface area (TPSA) is 91.0 Å². The maximum atomic E-state index is 13.4. The average molecular weight is 488 g/mol. The Morgan fingerprint density at radius 3 is 2.33 bits per heavy atom. The molecule has 0 aliphatic carbocycles. The van der Waals surface area contributed by atoms with E-state index in [4.69, 9.17) is 4.74 Å². The minimum atomic E-state index is -0.717. The van der Waals surface area contributed by atoms with Gasteiger partial charge in [0.2, 0.25) is 5.91 Å². The molecule has 2 heterocycles. The SMILES string of the molecule is CCOc1ccc(CCNC(=O)[C@@H](CC)n2nc(C)c3c(C)n(-c4ccc(C)cc4)nc3c2=O)cc1. The van der Waals surface area contributed by atoms with E-state index in [9.17, 15) is 9.59 Å². The van der Waals surface area contributed by atoms with Gasteiger partial charge in [-0.1, -0.05) is 36.8 Å². The highest BCUT2D eigenvalue weighted by Crippen LogP contribution is 2.22. The van der Waals surface area contributed by atoms with Gasteiger partial charge in [0, 0.05) is 6.54 Å². The number of hydrogen-bond donors (Lipinski definition) is 1. The third kappa shape index (κ3) is 5.03. The van der Waals surface area contributed by atoms with E-state index in [1.54, 1.807) is 4.68 Å². The molecule has 0 saturated heterocycles. The molecule has 0 fully saturated rings. The van der Waals surface area contributed by atoms with E-state index < -0.39 is 6.04 Å². The molecule has 0 saturated carbocycles. The normalized spacial score (nSPS) is 12.0. The van der Waals surface area contributed by atoms with Crippen LogP contribution in [0.1, 0.15) is 48.8 Å². The summed E-state index contributed by atoms with van der Waals surface area (Å²) < 4.78 is 8.53. The molecule has 0 aliphatic heterocycles. The molecule has 4 aromatic rings. The van der Waals surface area contributed by atoms with Crippen LogP contribution in [0.4, 0.5) is 0 Å². The maximum Gasteiger partial charge on any atom is 0.295 e. The van der Waals surface area contributed by atoms with Crippen LogP contribution in [0.25, 0.3) is 16.6 Å². The highest BCUT2D eigenvalue weighted by Gasteiger charge is 2.25. The lowest BCUT2D eigenvalue weighted by molar-refractivity contribution is -0.124. The standard InChI is InChI=1S/C28H33N5O3/c1-6-24(27(34)29-17-16-21-10-14-23(15-11-21)36-7-2)33-28(35)26-25(19(4)30-33)20(5)32(31-26)22-12-8-18(3)9-13-22/h8-15,24H,6-7,16-17H2,1-5H3,(H,29,34)/t24-/m1/s1. The summed E-state index contributed by atoms with van der Waals surface area (Å²) in [7, 11) is 0. The highest BCUT2D eigenvalue weighted by atomic mass is 16.5. The lowest BCUT2D eigenvalue weighted by Crippen LogP contribution is -2.39. The van der Waals surface area contributed by atoms with E-state index in [1.807, 2.05) is 83.1 Å². The van der Waals surface area contributed by atoms with Crippen LogP contribution < -0.4 is 15.6 Å². The first-order valence-electron chi connectivity index (χ1n) is 12.4. The molecule has 4 rings (SSSR count). The van der Waals surface area contributed by atoms with Crippen molar-refractivity contribution in [2.24, 2.45) is 0 Å². The van der Waals surface area contributed by atoms with Gasteiger partial charge in [-0.25, -0.2) is 9.36 Å². The van der Waals surface area contributed by atoms with Crippen LogP contribution in [0.15, 0.2) is 53.3 Å². The first-order chi connectivity index (χ1) is 17.3. The molecular formula is C28H33N5O3. The largest absolute Gasteiger partial charge is 0.494 e. The Morgan fingerprint density at radius 2 is 1.69 bits per heavy atom. The number of rotatable bonds is 9. The van der Waals surface area contributed by atoms with Crippen LogP contribution in [-0.4, -0.2) is 38.6 Å². The number of carbonyl (C=O) groups excluding carboxylic acids is 1. The van der Waals surface area contributed by atoms with Gasteiger partial charge in [-0.3, -0.25) is 9.59 Å². The Labute approximate surface area is 210 Å². The Hall–Kier alpha value is -3.94. The number of aromatic nitrogens is 4. The molecule has 188 valence electrons. The fourth-order valence-corrected chi connectivity index (χ4v) is 4.44. The van der Waals surface area contributed by atoms with Crippen molar-refractivity contribution in [1.29, 1.82) is 0 Å². The van der Waals surface area contributed by atoms with Crippen LogP contribution in [0.5, 0.6) is 5.75 Å². The number of ether oxygens (including phenoxy) is 1. The molecule has 2 aromatic carbocycles. The van der Waals surface area contributed by atoms with Crippen molar-refractivity contribution in [1.82, 2.24) is 24.9 Å². The van der Waals surface area contributed by atoms with Crippen molar-refractivity contribution in [3.8, 4) is 11.4 Å². The second-order valence-corrected chi connectivity index (χ2v) is 8.93. The van der Waals surface area contributed by atoms with Gasteiger partial charge < -0.3 is 10.1 Å². The monoisotopic (exact) mass is 487 g/mol. The van der Waals surface area contributed by atoms with Crippen LogP contribution in [0.2, 0.25) is 0 Å². The summed E-state index contributed by atoms with van der Waals surface area (Å²) in [5, 5.41) is 12.9. The lowest BCUT2D eigenvalue weighted by atomic mass is 10.1. The van der Waals surface area contributed by atoms with E-state index in [1.165, 1.54) is 4.68 Å². The van der Waals surface area contributed by atoms with E-state index in [0.29, 0.717) is 37.2 Å². The third-order valence-electron chi connectivity index (χ3n) is 6.36. The Balaban J connectivity index is 1.56. The Morgan fingerprint density at radius 1 is 1.00 bits per heavy atom. The van der Waals surface area contributed by atoms with Gasteiger partial charge in [0.1, 0.15) is 11.8 Å². The number of benzene rings is 2. The van der Waals surface area contributed by atoms with Gasteiger partial charge in [-0.15, -0.1) is 0 Å². The first kappa shape index (κ1) is 25.2. The summed E-state index contributed by atoms with van der Waals surface area (Å²) >= 11 is 0. The van der Waals surface area contributed by atoms with Gasteiger partial charge in [0.25, 0.3) is 5.56 Å². The van der Waals surface area contributed by atoms with E-state index in [-0.39, 0.29) is 11.5 Å². The zero-order valence-electron chi connectivity index (χ0n) is 21.5. The minimum Gasteiger partial charge on any atom is -0.494 e. The Kier molecular flexibility index (Phi) is 7.52. The fraction of sp³-hybridized carbons (Fsp3) is 0.357. The molecule has 0 radical (unpaired) electrons. The summed E-state index contributed by atoms with van der Waals surface area (Å²) in [5.74, 6) is 0.596. The number of carbonyl (C=O) groups is 1. The number of nitrogens with one attached hydrogen (secondary N) is 1. The number of amides is 1. The van der Waals surface area contributed by atoms with Crippen molar-refractivity contribution in [2.75, 3.05) is 13.2 Å². The van der Waals surface area contributed by atoms with Gasteiger partial charge in [0.15, 0.2) is 5.52 Å². The molecule has 8 heteroatoms. The molecule has 1 N–H and O–H groups in total. The van der Waals surface area contributed by atoms with E-state index in [2.05, 4.69) is 15.5 Å². The summed E-state index contributed by atoms with van der Waals surface area (Å²) in [6, 6.07) is 15.1. The van der Waals surface area contributed by atoms with Crippen molar-refractivity contribution < 1.29 is 9.53 Å². The smallest absolute Gasteiger partial charge is 0.295 e. The number of aryl methyl sites for hydroxylation is 3. The van der Waals surface area contributed by atoms with Crippen molar-refractivity contribution in [2.45, 2.75) is 53.5 Å². The molecule has 0 aliphatic rings. The van der Waals surface area contributed by atoms with Gasteiger partial charge in [-0.05, 0) is 70.4 Å². The fourth-order valence-electron chi connectivity index (χ4n) is 4.44. The molecule has 1 amide bonds. The van der Waals surface area contributed by atoms with Gasteiger partial charge in [0.05, 0.1) is 29.1 Å². The molecule has 36 heavy (non-hydrogen) atoms. The van der Waals surface area contributed by atoms with Crippen molar-refractivity contribution in [3.05, 3.63) is 81.4 Å². The molecule has 0 unspecified atom stereocenters. The lowest BCUT2D eigenvalue weighted by Gasteiger charge is -2.17. The van der Waals surface area contributed by atoms with Crippen LogP contribution in [0, 0.1) is 20.8 Å². The van der Waals surface area contributed by atoms with Crippen LogP contribution in [-0.2, 0) is 11.2 Å². The van der Waals surface area contributed by atoms with E-state index >= 15 is 0 Å². The zero-order chi connectivity index (χ0) is 25.8. The first-order valence-corrected chi connectivity index (χ1v) is 12.4. The second-order valence-electron chi connectivity index (χ2n) is 8.93. The summed E-state index contributed by atoms with van der Waals surface area (Å²) in [6.07, 6.45) is 1.11. The summed E-state index contributed by atoms with van der Waals surface area (Å²) in [4.78, 5) is 26.5. The minimum absolute atomic E-state index is 0.230. The maximum absolute atomic E-state index is 13.4. The van der Waals surface area contributed by atoms with E-state index in [0.717, 1.165) is 33.6 Å². The summed E-state index contributed by atoms with van der Waals surface area (Å²) in [6.45, 7) is 10.7. The number of fused-ring (bicyclic) bond motifs is 1. The van der Waals surface area contributed by atoms with Gasteiger partial charge >= 0.3 is 0 Å². The Bertz CT molecular complexity index is 1420. The zero-order valence-corrected chi connectivity index (χ0v) is 21.5. The molecule has 8 nitrogen and oxygen atoms in total. The van der Waals surface area contributed by atoms with Crippen molar-refractivity contribution >= 4 is 16.8 Å². The van der Waals surface area contributed by atoms with Crippen LogP contribution >= 0.6 is 0 Å². The number of hydrogen-bond acceptors (Lipinski definition) is 5. The number of nitrogens with zero attached hydrogens (tertiary/aromatic N) is 4. The highest BCUT2D eigenvalue weighted by molar-refractivity contribution is 5.84. The predicted octanol–water partition coefficient (Wildman–Crippen LogP) is 4.22. The molecule has 0 bridgehead atoms. The summed E-state index contributed by atoms with van der Waals surface area (Å²) in [5.41, 5.74) is 4.58. The predicted molar refractivity (Wildman–Crippen MR) is 141 cm³/mol. The molecule has 1 atom stereocenters. The van der Waals surface area contributed by atoms with Crippen LogP contribution in [0.3, 0.4) is 0 Å². The average Bonchev–Trinajstić information content (AvgIpc) is 3.22. The van der Waals surface area contributed by atoms with Gasteiger partial charge in [-0.2, -0.15) is 10.2 Å². The molecule has 0 spiro atoms. The third-order valence-corrected chi connectivity index (χ3v) is 6.36. The molecular weight excluding hydrogens is 454 g/mol. The molecule has 2 aromatic heterocycles. The quantitative estimate of drug-likeness (QED) is 0.382.